The third-order valence-electron chi connectivity index (χ3n) is 6.72. The van der Waals surface area contributed by atoms with Crippen molar-refractivity contribution in [2.75, 3.05) is 25.5 Å². The van der Waals surface area contributed by atoms with Gasteiger partial charge >= 0.3 is 0 Å². The summed E-state index contributed by atoms with van der Waals surface area (Å²) >= 11 is 1.63. The fourth-order valence-electron chi connectivity index (χ4n) is 4.72. The second-order valence-electron chi connectivity index (χ2n) is 9.49. The molecule has 8 heteroatoms. The van der Waals surface area contributed by atoms with Gasteiger partial charge in [0.05, 0.1) is 28.5 Å². The predicted molar refractivity (Wildman–Crippen MR) is 151 cm³/mol. The van der Waals surface area contributed by atoms with E-state index in [0.29, 0.717) is 6.61 Å². The lowest BCUT2D eigenvalue weighted by molar-refractivity contribution is 0.220. The van der Waals surface area contributed by atoms with Crippen molar-refractivity contribution >= 4 is 33.1 Å². The minimum absolute atomic E-state index is 0.475. The fourth-order valence-corrected chi connectivity index (χ4v) is 5.73. The lowest BCUT2D eigenvalue weighted by atomic mass is 10.1. The standard InChI is InChI=1S/C30H30N4O3S/c1-35-24-10-8-21(9-11-24)18-36-25-7-5-6-23(15-25)33-30-29-26(31-20-32-30)16-28(38-29)27-14-22(19-37-27)17-34-12-3-2-4-13-34/h5-11,14-16,19-20H,2-4,12-13,17-18H2,1H3,(H,31,32,33). The van der Waals surface area contributed by atoms with Crippen LogP contribution in [0.15, 0.2) is 77.7 Å². The van der Waals surface area contributed by atoms with Crippen molar-refractivity contribution < 1.29 is 13.9 Å². The number of benzene rings is 2. The molecule has 0 spiro atoms. The monoisotopic (exact) mass is 526 g/mol. The summed E-state index contributed by atoms with van der Waals surface area (Å²) < 4.78 is 18.2. The minimum atomic E-state index is 0.475. The van der Waals surface area contributed by atoms with Crippen LogP contribution in [-0.2, 0) is 13.2 Å². The molecule has 194 valence electrons. The number of hydrogen-bond acceptors (Lipinski definition) is 8. The molecule has 6 rings (SSSR count). The van der Waals surface area contributed by atoms with Crippen LogP contribution in [0.3, 0.4) is 0 Å². The molecule has 7 nitrogen and oxygen atoms in total. The van der Waals surface area contributed by atoms with E-state index in [1.807, 2.05) is 54.8 Å². The number of methoxy groups -OCH3 is 1. The van der Waals surface area contributed by atoms with E-state index in [4.69, 9.17) is 13.9 Å². The molecule has 0 amide bonds. The van der Waals surface area contributed by atoms with Gasteiger partial charge in [0.25, 0.3) is 0 Å². The van der Waals surface area contributed by atoms with Crippen LogP contribution in [0.2, 0.25) is 0 Å². The average molecular weight is 527 g/mol. The zero-order chi connectivity index (χ0) is 25.7. The van der Waals surface area contributed by atoms with Crippen LogP contribution in [-0.4, -0.2) is 35.1 Å². The molecule has 2 aromatic carbocycles. The summed E-state index contributed by atoms with van der Waals surface area (Å²) in [7, 11) is 1.66. The molecule has 4 heterocycles. The molecule has 5 aromatic rings. The number of furan rings is 1. The van der Waals surface area contributed by atoms with Gasteiger partial charge in [-0.1, -0.05) is 24.6 Å². The molecule has 0 aliphatic carbocycles. The normalized spacial score (nSPS) is 14.0. The highest BCUT2D eigenvalue weighted by atomic mass is 32.1. The molecule has 1 saturated heterocycles. The number of rotatable bonds is 9. The summed E-state index contributed by atoms with van der Waals surface area (Å²) in [6.45, 7) is 3.75. The Morgan fingerprint density at radius 3 is 2.66 bits per heavy atom. The number of nitrogens with one attached hydrogen (secondary N) is 1. The Labute approximate surface area is 226 Å². The lowest BCUT2D eigenvalue weighted by Gasteiger charge is -2.25. The van der Waals surface area contributed by atoms with Crippen molar-refractivity contribution in [1.82, 2.24) is 14.9 Å². The van der Waals surface area contributed by atoms with Gasteiger partial charge in [-0.2, -0.15) is 0 Å². The Morgan fingerprint density at radius 1 is 0.947 bits per heavy atom. The van der Waals surface area contributed by atoms with E-state index in [1.54, 1.807) is 24.8 Å². The molecule has 0 atom stereocenters. The first-order chi connectivity index (χ1) is 18.7. The summed E-state index contributed by atoms with van der Waals surface area (Å²) in [5, 5.41) is 3.45. The van der Waals surface area contributed by atoms with Crippen LogP contribution in [0.1, 0.15) is 30.4 Å². The first kappa shape index (κ1) is 24.5. The van der Waals surface area contributed by atoms with Crippen molar-refractivity contribution in [2.45, 2.75) is 32.4 Å². The van der Waals surface area contributed by atoms with Crippen LogP contribution in [0.25, 0.3) is 20.9 Å². The molecule has 1 N–H and O–H groups in total. The van der Waals surface area contributed by atoms with Gasteiger partial charge in [0, 0.05) is 23.9 Å². The maximum atomic E-state index is 6.02. The number of thiophene rings is 1. The average Bonchev–Trinajstić information content (AvgIpc) is 3.61. The van der Waals surface area contributed by atoms with Crippen molar-refractivity contribution in [3.63, 3.8) is 0 Å². The summed E-state index contributed by atoms with van der Waals surface area (Å²) in [6, 6.07) is 20.0. The van der Waals surface area contributed by atoms with Crippen molar-refractivity contribution in [3.8, 4) is 22.1 Å². The zero-order valence-electron chi connectivity index (χ0n) is 21.4. The van der Waals surface area contributed by atoms with Crippen LogP contribution in [0, 0.1) is 0 Å². The van der Waals surface area contributed by atoms with E-state index in [-0.39, 0.29) is 0 Å². The number of aromatic nitrogens is 2. The molecule has 38 heavy (non-hydrogen) atoms. The van der Waals surface area contributed by atoms with Gasteiger partial charge in [-0.3, -0.25) is 4.90 Å². The quantitative estimate of drug-likeness (QED) is 0.217. The molecule has 0 bridgehead atoms. The number of anilines is 2. The van der Waals surface area contributed by atoms with Gasteiger partial charge in [0.1, 0.15) is 30.2 Å². The molecular weight excluding hydrogens is 496 g/mol. The second kappa shape index (κ2) is 11.2. The van der Waals surface area contributed by atoms with Gasteiger partial charge < -0.3 is 19.2 Å². The Morgan fingerprint density at radius 2 is 1.82 bits per heavy atom. The largest absolute Gasteiger partial charge is 0.497 e. The summed E-state index contributed by atoms with van der Waals surface area (Å²) in [4.78, 5) is 12.6. The number of likely N-dealkylation sites (tertiary alicyclic amines) is 1. The van der Waals surface area contributed by atoms with Gasteiger partial charge in [-0.25, -0.2) is 9.97 Å². The van der Waals surface area contributed by atoms with Crippen LogP contribution >= 0.6 is 11.3 Å². The van der Waals surface area contributed by atoms with E-state index in [1.165, 1.54) is 37.9 Å². The zero-order valence-corrected chi connectivity index (χ0v) is 22.2. The van der Waals surface area contributed by atoms with E-state index >= 15 is 0 Å². The SMILES string of the molecule is COc1ccc(COc2cccc(Nc3ncnc4cc(-c5cc(CN6CCCCC6)co5)sc34)c2)cc1. The Bertz CT molecular complexity index is 1510. The third-order valence-corrected chi connectivity index (χ3v) is 7.87. The summed E-state index contributed by atoms with van der Waals surface area (Å²) in [6.07, 6.45) is 7.39. The summed E-state index contributed by atoms with van der Waals surface area (Å²) in [5.74, 6) is 3.25. The van der Waals surface area contributed by atoms with E-state index in [0.717, 1.165) is 56.0 Å². The highest BCUT2D eigenvalue weighted by Crippen LogP contribution is 2.37. The van der Waals surface area contributed by atoms with Gasteiger partial charge in [0.15, 0.2) is 5.82 Å². The summed E-state index contributed by atoms with van der Waals surface area (Å²) in [5.41, 5.74) is 4.08. The topological polar surface area (TPSA) is 72.7 Å². The number of nitrogens with zero attached hydrogens (tertiary/aromatic N) is 3. The second-order valence-corrected chi connectivity index (χ2v) is 10.5. The Balaban J connectivity index is 1.16. The number of hydrogen-bond donors (Lipinski definition) is 1. The van der Waals surface area contributed by atoms with Gasteiger partial charge in [0.2, 0.25) is 0 Å². The number of piperidine rings is 1. The van der Waals surface area contributed by atoms with Crippen LogP contribution < -0.4 is 14.8 Å². The van der Waals surface area contributed by atoms with Gasteiger partial charge in [-0.05, 0) is 67.9 Å². The molecule has 0 saturated carbocycles. The number of fused-ring (bicyclic) bond motifs is 1. The smallest absolute Gasteiger partial charge is 0.151 e. The van der Waals surface area contributed by atoms with E-state index < -0.39 is 0 Å². The first-order valence-electron chi connectivity index (χ1n) is 12.9. The molecule has 1 aliphatic heterocycles. The minimum Gasteiger partial charge on any atom is -0.497 e. The predicted octanol–water partition coefficient (Wildman–Crippen LogP) is 7.27. The number of ether oxygens (including phenoxy) is 2. The van der Waals surface area contributed by atoms with Crippen molar-refractivity contribution in [2.24, 2.45) is 0 Å². The van der Waals surface area contributed by atoms with E-state index in [9.17, 15) is 0 Å². The molecular formula is C30H30N4O3S. The first-order valence-corrected chi connectivity index (χ1v) is 13.7. The maximum absolute atomic E-state index is 6.02. The van der Waals surface area contributed by atoms with Crippen molar-refractivity contribution in [3.05, 3.63) is 84.4 Å². The van der Waals surface area contributed by atoms with Crippen LogP contribution in [0.4, 0.5) is 11.5 Å². The highest BCUT2D eigenvalue weighted by Gasteiger charge is 2.16. The van der Waals surface area contributed by atoms with E-state index in [2.05, 4.69) is 32.3 Å². The molecule has 1 fully saturated rings. The Hall–Kier alpha value is -3.88. The molecule has 0 unspecified atom stereocenters. The highest BCUT2D eigenvalue weighted by molar-refractivity contribution is 7.22. The molecule has 1 aliphatic rings. The lowest BCUT2D eigenvalue weighted by Crippen LogP contribution is -2.28. The fraction of sp³-hybridized carbons (Fsp3) is 0.267. The maximum Gasteiger partial charge on any atom is 0.151 e. The van der Waals surface area contributed by atoms with Crippen molar-refractivity contribution in [1.29, 1.82) is 0 Å². The molecule has 3 aromatic heterocycles. The van der Waals surface area contributed by atoms with Crippen LogP contribution in [0.5, 0.6) is 11.5 Å². The Kier molecular flexibility index (Phi) is 7.24. The third kappa shape index (κ3) is 5.66. The molecule has 0 radical (unpaired) electrons. The van der Waals surface area contributed by atoms with Gasteiger partial charge in [-0.15, -0.1) is 11.3 Å².